The number of hydrogen-bond donors (Lipinski definition) is 3. The number of nitrogens with one attached hydrogen (secondary N) is 3. The van der Waals surface area contributed by atoms with Gasteiger partial charge in [-0.3, -0.25) is 9.52 Å². The monoisotopic (exact) mass is 484 g/mol. The van der Waals surface area contributed by atoms with Gasteiger partial charge in [0, 0.05) is 23.4 Å². The SMILES string of the molecule is CCC(C)Nc1nc(C(F)(F)F)ccc1C=CC(=O)NC(C)c1ccc(NS(C)(=O)=O)cc1. The molecule has 180 valence electrons. The van der Waals surface area contributed by atoms with Crippen LogP contribution in [0, 0.1) is 0 Å². The third-order valence-corrected chi connectivity index (χ3v) is 5.31. The number of alkyl halides is 3. The summed E-state index contributed by atoms with van der Waals surface area (Å²) in [6, 6.07) is 8.15. The van der Waals surface area contributed by atoms with E-state index in [9.17, 15) is 26.4 Å². The molecule has 0 aliphatic rings. The maximum atomic E-state index is 13.0. The Morgan fingerprint density at radius 3 is 2.30 bits per heavy atom. The van der Waals surface area contributed by atoms with Crippen molar-refractivity contribution >= 4 is 33.5 Å². The number of aromatic nitrogens is 1. The van der Waals surface area contributed by atoms with Gasteiger partial charge < -0.3 is 10.6 Å². The number of nitrogens with zero attached hydrogens (tertiary/aromatic N) is 1. The second-order valence-electron chi connectivity index (χ2n) is 7.65. The van der Waals surface area contributed by atoms with E-state index in [0.29, 0.717) is 17.7 Å². The van der Waals surface area contributed by atoms with Crippen LogP contribution in [0.5, 0.6) is 0 Å². The highest BCUT2D eigenvalue weighted by Gasteiger charge is 2.33. The number of amides is 1. The summed E-state index contributed by atoms with van der Waals surface area (Å²) in [5, 5.41) is 5.70. The van der Waals surface area contributed by atoms with Crippen LogP contribution in [-0.4, -0.2) is 31.6 Å². The number of anilines is 2. The van der Waals surface area contributed by atoms with Crippen LogP contribution in [0.25, 0.3) is 6.08 Å². The molecule has 1 aromatic carbocycles. The number of halogens is 3. The first-order valence-corrected chi connectivity index (χ1v) is 12.1. The van der Waals surface area contributed by atoms with E-state index in [1.54, 1.807) is 31.2 Å². The zero-order valence-corrected chi connectivity index (χ0v) is 19.5. The Balaban J connectivity index is 2.12. The fraction of sp³-hybridized carbons (Fsp3) is 0.364. The molecule has 0 saturated heterocycles. The lowest BCUT2D eigenvalue weighted by Crippen LogP contribution is -2.24. The van der Waals surface area contributed by atoms with Gasteiger partial charge in [0.05, 0.1) is 12.3 Å². The summed E-state index contributed by atoms with van der Waals surface area (Å²) in [5.41, 5.74) is 0.474. The Kier molecular flexibility index (Phi) is 8.48. The maximum absolute atomic E-state index is 13.0. The topological polar surface area (TPSA) is 100 Å². The number of sulfonamides is 1. The first-order valence-electron chi connectivity index (χ1n) is 10.2. The lowest BCUT2D eigenvalue weighted by molar-refractivity contribution is -0.141. The van der Waals surface area contributed by atoms with E-state index in [2.05, 4.69) is 20.3 Å². The van der Waals surface area contributed by atoms with Crippen molar-refractivity contribution in [2.75, 3.05) is 16.3 Å². The van der Waals surface area contributed by atoms with Crippen molar-refractivity contribution in [3.63, 3.8) is 0 Å². The molecule has 1 amide bonds. The molecule has 3 N–H and O–H groups in total. The molecule has 0 aliphatic carbocycles. The summed E-state index contributed by atoms with van der Waals surface area (Å²) >= 11 is 0. The quantitative estimate of drug-likeness (QED) is 0.453. The normalized spacial score (nSPS) is 14.0. The number of rotatable bonds is 9. The van der Waals surface area contributed by atoms with Gasteiger partial charge in [-0.1, -0.05) is 19.1 Å². The van der Waals surface area contributed by atoms with Gasteiger partial charge in [0.15, 0.2) is 0 Å². The molecule has 33 heavy (non-hydrogen) atoms. The Labute approximate surface area is 191 Å². The van der Waals surface area contributed by atoms with Gasteiger partial charge in [0.25, 0.3) is 0 Å². The van der Waals surface area contributed by atoms with Crippen LogP contribution < -0.4 is 15.4 Å². The van der Waals surface area contributed by atoms with Gasteiger partial charge in [-0.25, -0.2) is 13.4 Å². The average molecular weight is 485 g/mol. The van der Waals surface area contributed by atoms with E-state index in [-0.39, 0.29) is 11.9 Å². The van der Waals surface area contributed by atoms with Crippen LogP contribution in [0.1, 0.15) is 50.1 Å². The van der Waals surface area contributed by atoms with E-state index in [1.807, 2.05) is 13.8 Å². The van der Waals surface area contributed by atoms with E-state index in [0.717, 1.165) is 17.9 Å². The Bertz CT molecular complexity index is 1100. The first kappa shape index (κ1) is 26.2. The smallest absolute Gasteiger partial charge is 0.367 e. The van der Waals surface area contributed by atoms with Crippen molar-refractivity contribution in [1.29, 1.82) is 0 Å². The first-order chi connectivity index (χ1) is 15.3. The molecule has 1 aromatic heterocycles. The summed E-state index contributed by atoms with van der Waals surface area (Å²) in [7, 11) is -3.39. The standard InChI is InChI=1S/C22H27F3N4O3S/c1-5-14(2)26-21-17(8-12-19(28-21)22(23,24)25)9-13-20(30)27-15(3)16-6-10-18(11-7-16)29-33(4,31)32/h6-15,29H,5H2,1-4H3,(H,26,28)(H,27,30). The van der Waals surface area contributed by atoms with Gasteiger partial charge in [0.1, 0.15) is 11.5 Å². The summed E-state index contributed by atoms with van der Waals surface area (Å²) in [5.74, 6) is -0.402. The zero-order valence-electron chi connectivity index (χ0n) is 18.7. The largest absolute Gasteiger partial charge is 0.433 e. The van der Waals surface area contributed by atoms with Gasteiger partial charge in [-0.2, -0.15) is 13.2 Å². The van der Waals surface area contributed by atoms with Crippen LogP contribution in [0.4, 0.5) is 24.7 Å². The Morgan fingerprint density at radius 2 is 1.76 bits per heavy atom. The minimum Gasteiger partial charge on any atom is -0.367 e. The van der Waals surface area contributed by atoms with Gasteiger partial charge in [0.2, 0.25) is 15.9 Å². The molecule has 0 saturated carbocycles. The third kappa shape index (κ3) is 8.41. The summed E-state index contributed by atoms with van der Waals surface area (Å²) in [4.78, 5) is 16.0. The molecule has 2 aromatic rings. The number of carbonyl (C=O) groups excluding carboxylic acids is 1. The van der Waals surface area contributed by atoms with Crippen LogP contribution in [0.15, 0.2) is 42.5 Å². The molecule has 1 heterocycles. The van der Waals surface area contributed by atoms with Crippen molar-refractivity contribution in [2.45, 2.75) is 45.5 Å². The minimum absolute atomic E-state index is 0.0465. The lowest BCUT2D eigenvalue weighted by atomic mass is 10.1. The number of benzene rings is 1. The second kappa shape index (κ2) is 10.7. The molecule has 0 fully saturated rings. The predicted octanol–water partition coefficient (Wildman–Crippen LogP) is 4.57. The Morgan fingerprint density at radius 1 is 1.12 bits per heavy atom. The average Bonchev–Trinajstić information content (AvgIpc) is 2.71. The molecular formula is C22H27F3N4O3S. The molecule has 0 spiro atoms. The predicted molar refractivity (Wildman–Crippen MR) is 123 cm³/mol. The Hall–Kier alpha value is -3.08. The second-order valence-corrected chi connectivity index (χ2v) is 9.39. The van der Waals surface area contributed by atoms with Crippen molar-refractivity contribution < 1.29 is 26.4 Å². The van der Waals surface area contributed by atoms with Crippen molar-refractivity contribution in [1.82, 2.24) is 10.3 Å². The van der Waals surface area contributed by atoms with E-state index in [4.69, 9.17) is 0 Å². The number of pyridine rings is 1. The summed E-state index contributed by atoms with van der Waals surface area (Å²) in [6.07, 6.45) is -0.224. The molecule has 7 nitrogen and oxygen atoms in total. The van der Waals surface area contributed by atoms with Crippen molar-refractivity contribution in [2.24, 2.45) is 0 Å². The maximum Gasteiger partial charge on any atom is 0.433 e. The highest BCUT2D eigenvalue weighted by molar-refractivity contribution is 7.92. The third-order valence-electron chi connectivity index (χ3n) is 4.70. The molecule has 0 radical (unpaired) electrons. The minimum atomic E-state index is -4.58. The highest BCUT2D eigenvalue weighted by Crippen LogP contribution is 2.30. The number of carbonyl (C=O) groups is 1. The van der Waals surface area contributed by atoms with Crippen molar-refractivity contribution in [3.05, 3.63) is 59.3 Å². The lowest BCUT2D eigenvalue weighted by Gasteiger charge is -2.16. The van der Waals surface area contributed by atoms with Crippen LogP contribution in [-0.2, 0) is 21.0 Å². The van der Waals surface area contributed by atoms with E-state index in [1.165, 1.54) is 18.2 Å². The van der Waals surface area contributed by atoms with Gasteiger partial charge in [-0.05, 0) is 56.2 Å². The molecular weight excluding hydrogens is 457 g/mol. The number of hydrogen-bond acceptors (Lipinski definition) is 5. The fourth-order valence-electron chi connectivity index (χ4n) is 2.78. The summed E-state index contributed by atoms with van der Waals surface area (Å²) < 4.78 is 64.0. The molecule has 11 heteroatoms. The molecule has 2 atom stereocenters. The van der Waals surface area contributed by atoms with Crippen LogP contribution in [0.3, 0.4) is 0 Å². The van der Waals surface area contributed by atoms with Crippen molar-refractivity contribution in [3.8, 4) is 0 Å². The van der Waals surface area contributed by atoms with E-state index >= 15 is 0 Å². The zero-order chi connectivity index (χ0) is 24.8. The fourth-order valence-corrected chi connectivity index (χ4v) is 3.34. The molecule has 2 rings (SSSR count). The molecule has 2 unspecified atom stereocenters. The van der Waals surface area contributed by atoms with Gasteiger partial charge >= 0.3 is 6.18 Å². The summed E-state index contributed by atoms with van der Waals surface area (Å²) in [6.45, 7) is 5.46. The molecule has 0 bridgehead atoms. The van der Waals surface area contributed by atoms with Gasteiger partial charge in [-0.15, -0.1) is 0 Å². The van der Waals surface area contributed by atoms with Crippen LogP contribution in [0.2, 0.25) is 0 Å². The highest BCUT2D eigenvalue weighted by atomic mass is 32.2. The molecule has 0 aliphatic heterocycles. The van der Waals surface area contributed by atoms with E-state index < -0.39 is 33.8 Å². The van der Waals surface area contributed by atoms with Crippen LogP contribution >= 0.6 is 0 Å².